The Morgan fingerprint density at radius 3 is 2.89 bits per heavy atom. The van der Waals surface area contributed by atoms with Crippen LogP contribution in [0.15, 0.2) is 42.6 Å². The molecule has 0 saturated heterocycles. The lowest BCUT2D eigenvalue weighted by Crippen LogP contribution is -2.49. The average Bonchev–Trinajstić information content (AvgIpc) is 2.43. The van der Waals surface area contributed by atoms with Gasteiger partial charge in [-0.2, -0.15) is 0 Å². The minimum atomic E-state index is -0.714. The number of aliphatic hydroxyl groups is 2. The van der Waals surface area contributed by atoms with Crippen LogP contribution in [-0.4, -0.2) is 47.2 Å². The van der Waals surface area contributed by atoms with E-state index >= 15 is 0 Å². The standard InChI is InChI=1S/C14H21N3O2/c18-13(11-17-8-4-7-16-14(17)19)10-15-9-12-5-2-1-3-6-12/h1-6,8,13-16,18-19H,7,9-11H2. The lowest BCUT2D eigenvalue weighted by atomic mass is 10.2. The maximum absolute atomic E-state index is 9.92. The molecule has 0 amide bonds. The molecule has 0 saturated carbocycles. The summed E-state index contributed by atoms with van der Waals surface area (Å²) in [7, 11) is 0. The molecule has 2 unspecified atom stereocenters. The highest BCUT2D eigenvalue weighted by Gasteiger charge is 2.17. The summed E-state index contributed by atoms with van der Waals surface area (Å²) in [4.78, 5) is 1.68. The third-order valence-electron chi connectivity index (χ3n) is 3.00. The zero-order chi connectivity index (χ0) is 13.5. The van der Waals surface area contributed by atoms with E-state index in [2.05, 4.69) is 10.6 Å². The SMILES string of the molecule is OC(CNCc1ccccc1)CN1C=CCNC1O. The Hall–Kier alpha value is -1.40. The first-order valence-electron chi connectivity index (χ1n) is 6.52. The van der Waals surface area contributed by atoms with Crippen LogP contribution in [0.5, 0.6) is 0 Å². The maximum Gasteiger partial charge on any atom is 0.183 e. The zero-order valence-corrected chi connectivity index (χ0v) is 10.9. The number of hydrogen-bond donors (Lipinski definition) is 4. The molecule has 5 heteroatoms. The Kier molecular flexibility index (Phi) is 5.35. The lowest BCUT2D eigenvalue weighted by molar-refractivity contribution is -0.0173. The number of hydrogen-bond acceptors (Lipinski definition) is 5. The predicted molar refractivity (Wildman–Crippen MR) is 74.0 cm³/mol. The van der Waals surface area contributed by atoms with Crippen LogP contribution in [0.25, 0.3) is 0 Å². The molecule has 0 aromatic heterocycles. The molecule has 0 radical (unpaired) electrons. The Balaban J connectivity index is 1.68. The molecule has 4 N–H and O–H groups in total. The van der Waals surface area contributed by atoms with E-state index in [1.807, 2.05) is 42.6 Å². The van der Waals surface area contributed by atoms with Crippen LogP contribution in [0.3, 0.4) is 0 Å². The summed E-state index contributed by atoms with van der Waals surface area (Å²) in [6.07, 6.45) is 2.48. The summed E-state index contributed by atoms with van der Waals surface area (Å²) in [5, 5.41) is 25.7. The van der Waals surface area contributed by atoms with E-state index in [-0.39, 0.29) is 0 Å². The Morgan fingerprint density at radius 2 is 2.16 bits per heavy atom. The van der Waals surface area contributed by atoms with E-state index in [1.54, 1.807) is 4.90 Å². The Bertz CT molecular complexity index is 397. The predicted octanol–water partition coefficient (Wildman–Crippen LogP) is -0.168. The first-order chi connectivity index (χ1) is 9.25. The van der Waals surface area contributed by atoms with Gasteiger partial charge in [-0.3, -0.25) is 5.32 Å². The van der Waals surface area contributed by atoms with Gasteiger partial charge in [-0.1, -0.05) is 36.4 Å². The van der Waals surface area contributed by atoms with Gasteiger partial charge < -0.3 is 20.4 Å². The first kappa shape index (κ1) is 14.0. The molecule has 1 aromatic carbocycles. The molecular formula is C14H21N3O2. The molecule has 0 aliphatic carbocycles. The van der Waals surface area contributed by atoms with Crippen LogP contribution in [0.2, 0.25) is 0 Å². The zero-order valence-electron chi connectivity index (χ0n) is 10.9. The summed E-state index contributed by atoms with van der Waals surface area (Å²) in [6.45, 7) is 2.27. The molecule has 1 aliphatic heterocycles. The fourth-order valence-electron chi connectivity index (χ4n) is 2.01. The van der Waals surface area contributed by atoms with Gasteiger partial charge in [0.2, 0.25) is 0 Å². The third-order valence-corrected chi connectivity index (χ3v) is 3.00. The fourth-order valence-corrected chi connectivity index (χ4v) is 2.01. The van der Waals surface area contributed by atoms with Gasteiger partial charge in [-0.25, -0.2) is 0 Å². The highest BCUT2D eigenvalue weighted by molar-refractivity contribution is 5.14. The van der Waals surface area contributed by atoms with Crippen LogP contribution >= 0.6 is 0 Å². The molecule has 19 heavy (non-hydrogen) atoms. The molecule has 1 aliphatic rings. The van der Waals surface area contributed by atoms with E-state index in [1.165, 1.54) is 5.56 Å². The quantitative estimate of drug-likeness (QED) is 0.574. The first-order valence-corrected chi connectivity index (χ1v) is 6.52. The summed E-state index contributed by atoms with van der Waals surface area (Å²) in [5.41, 5.74) is 1.19. The summed E-state index contributed by atoms with van der Waals surface area (Å²) in [6, 6.07) is 10.1. The van der Waals surface area contributed by atoms with Crippen molar-refractivity contribution in [2.24, 2.45) is 0 Å². The van der Waals surface area contributed by atoms with E-state index in [9.17, 15) is 10.2 Å². The lowest BCUT2D eigenvalue weighted by Gasteiger charge is -2.31. The highest BCUT2D eigenvalue weighted by atomic mass is 16.3. The second-order valence-corrected chi connectivity index (χ2v) is 4.63. The normalized spacial score (nSPS) is 20.5. The molecule has 1 aromatic rings. The summed E-state index contributed by atoms with van der Waals surface area (Å²) < 4.78 is 0. The van der Waals surface area contributed by atoms with Crippen molar-refractivity contribution in [1.82, 2.24) is 15.5 Å². The fraction of sp³-hybridized carbons (Fsp3) is 0.429. The minimum Gasteiger partial charge on any atom is -0.390 e. The van der Waals surface area contributed by atoms with Crippen LogP contribution in [0.4, 0.5) is 0 Å². The number of rotatable bonds is 6. The third kappa shape index (κ3) is 4.65. The van der Waals surface area contributed by atoms with Gasteiger partial charge in [-0.05, 0) is 5.56 Å². The Morgan fingerprint density at radius 1 is 1.37 bits per heavy atom. The van der Waals surface area contributed by atoms with Crippen molar-refractivity contribution in [2.75, 3.05) is 19.6 Å². The van der Waals surface area contributed by atoms with Crippen molar-refractivity contribution in [1.29, 1.82) is 0 Å². The summed E-state index contributed by atoms with van der Waals surface area (Å²) >= 11 is 0. The van der Waals surface area contributed by atoms with Crippen LogP contribution in [0, 0.1) is 0 Å². The molecule has 5 nitrogen and oxygen atoms in total. The molecule has 0 bridgehead atoms. The van der Waals surface area contributed by atoms with Crippen molar-refractivity contribution in [3.05, 3.63) is 48.2 Å². The van der Waals surface area contributed by atoms with Gasteiger partial charge in [-0.15, -0.1) is 0 Å². The topological polar surface area (TPSA) is 67.8 Å². The molecular weight excluding hydrogens is 242 g/mol. The largest absolute Gasteiger partial charge is 0.390 e. The van der Waals surface area contributed by atoms with Crippen LogP contribution < -0.4 is 10.6 Å². The number of nitrogens with zero attached hydrogens (tertiary/aromatic N) is 1. The minimum absolute atomic E-state index is 0.395. The van der Waals surface area contributed by atoms with Gasteiger partial charge in [0, 0.05) is 32.4 Å². The van der Waals surface area contributed by atoms with Gasteiger partial charge >= 0.3 is 0 Å². The number of aliphatic hydroxyl groups excluding tert-OH is 2. The monoisotopic (exact) mass is 263 g/mol. The second-order valence-electron chi connectivity index (χ2n) is 4.63. The smallest absolute Gasteiger partial charge is 0.183 e. The van der Waals surface area contributed by atoms with Crippen molar-refractivity contribution in [3.63, 3.8) is 0 Å². The maximum atomic E-state index is 9.92. The van der Waals surface area contributed by atoms with Crippen molar-refractivity contribution in [3.8, 4) is 0 Å². The number of nitrogens with one attached hydrogen (secondary N) is 2. The van der Waals surface area contributed by atoms with Crippen LogP contribution in [-0.2, 0) is 6.54 Å². The van der Waals surface area contributed by atoms with Gasteiger partial charge in [0.05, 0.1) is 6.10 Å². The van der Waals surface area contributed by atoms with Crippen molar-refractivity contribution in [2.45, 2.75) is 19.0 Å². The van der Waals surface area contributed by atoms with Crippen molar-refractivity contribution < 1.29 is 10.2 Å². The molecule has 2 atom stereocenters. The van der Waals surface area contributed by atoms with E-state index in [0.717, 1.165) is 6.54 Å². The van der Waals surface area contributed by atoms with Gasteiger partial charge in [0.15, 0.2) is 6.35 Å². The van der Waals surface area contributed by atoms with E-state index < -0.39 is 12.5 Å². The molecule has 0 spiro atoms. The molecule has 2 rings (SSSR count). The van der Waals surface area contributed by atoms with E-state index in [4.69, 9.17) is 0 Å². The Labute approximate surface area is 113 Å². The number of benzene rings is 1. The number of β-amino-alcohol motifs (C(OH)–C–C–N with tert-alkyl or cyclic N) is 1. The highest BCUT2D eigenvalue weighted by Crippen LogP contribution is 2.02. The van der Waals surface area contributed by atoms with Crippen LogP contribution in [0.1, 0.15) is 5.56 Å². The summed E-state index contributed by atoms with van der Waals surface area (Å²) in [5.74, 6) is 0. The van der Waals surface area contributed by atoms with Gasteiger partial charge in [0.25, 0.3) is 0 Å². The average molecular weight is 263 g/mol. The molecule has 1 heterocycles. The van der Waals surface area contributed by atoms with Crippen molar-refractivity contribution >= 4 is 0 Å². The molecule has 104 valence electrons. The van der Waals surface area contributed by atoms with E-state index in [0.29, 0.717) is 19.6 Å². The van der Waals surface area contributed by atoms with Gasteiger partial charge in [0.1, 0.15) is 0 Å². The molecule has 0 fully saturated rings. The second kappa shape index (κ2) is 7.25.